The first-order chi connectivity index (χ1) is 44.3. The molecule has 0 bridgehead atoms. The first-order valence-corrected chi connectivity index (χ1v) is 29.6. The predicted molar refractivity (Wildman–Crippen MR) is 351 cm³/mol. The lowest BCUT2D eigenvalue weighted by Crippen LogP contribution is -2.11. The second-order valence-electron chi connectivity index (χ2n) is 20.0. The fourth-order valence-corrected chi connectivity index (χ4v) is 11.2. The Morgan fingerprint density at radius 2 is 0.446 bits per heavy atom. The van der Waals surface area contributed by atoms with E-state index in [9.17, 15) is 28.8 Å². The molecule has 0 fully saturated rings. The van der Waals surface area contributed by atoms with Gasteiger partial charge in [-0.05, 0) is 179 Å². The highest BCUT2D eigenvalue weighted by Gasteiger charge is 2.37. The summed E-state index contributed by atoms with van der Waals surface area (Å²) >= 11 is 0. The second-order valence-corrected chi connectivity index (χ2v) is 21.4. The van der Waals surface area contributed by atoms with E-state index in [0.29, 0.717) is 83.5 Å². The summed E-state index contributed by atoms with van der Waals surface area (Å²) in [5, 5.41) is 0. The van der Waals surface area contributed by atoms with Gasteiger partial charge in [0.25, 0.3) is 0 Å². The van der Waals surface area contributed by atoms with Crippen LogP contribution in [-0.2, 0) is 33.3 Å². The zero-order valence-electron chi connectivity index (χ0n) is 50.0. The third-order valence-corrected chi connectivity index (χ3v) is 15.4. The predicted octanol–water partition coefficient (Wildman–Crippen LogP) is 16.8. The van der Waals surface area contributed by atoms with Gasteiger partial charge in [-0.25, -0.2) is 28.8 Å². The van der Waals surface area contributed by atoms with Crippen molar-refractivity contribution in [2.75, 3.05) is 0 Å². The van der Waals surface area contributed by atoms with Crippen molar-refractivity contribution in [1.29, 1.82) is 0 Å². The molecule has 9 aromatic rings. The first kappa shape index (κ1) is 64.3. The van der Waals surface area contributed by atoms with E-state index in [4.69, 9.17) is 42.0 Å². The zero-order valence-corrected chi connectivity index (χ0v) is 50.9. The number of benzene rings is 9. The van der Waals surface area contributed by atoms with Gasteiger partial charge in [-0.3, -0.25) is 0 Å². The molecule has 92 heavy (non-hydrogen) atoms. The fraction of sp³-hybridized carbons (Fsp3) is 0.0400. The van der Waals surface area contributed by atoms with Crippen LogP contribution in [0.15, 0.2) is 258 Å². The summed E-state index contributed by atoms with van der Waals surface area (Å²) in [7, 11) is -5.08. The number of esters is 6. The smallest absolute Gasteiger partial charge is 0.423 e. The van der Waals surface area contributed by atoms with Crippen molar-refractivity contribution in [2.45, 2.75) is 20.8 Å². The number of phosphoric ester groups is 1. The molecule has 0 radical (unpaired) electrons. The highest BCUT2D eigenvalue weighted by Crippen LogP contribution is 2.56. The number of rotatable bonds is 24. The lowest BCUT2D eigenvalue weighted by molar-refractivity contribution is -0.129. The molecule has 0 atom stereocenters. The number of phosphoric acid groups is 1. The molecule has 458 valence electrons. The van der Waals surface area contributed by atoms with Crippen LogP contribution in [0.3, 0.4) is 0 Å². The van der Waals surface area contributed by atoms with Crippen LogP contribution in [0.5, 0.6) is 51.7 Å². The molecule has 0 saturated heterocycles. The van der Waals surface area contributed by atoms with E-state index in [1.807, 2.05) is 0 Å². The quantitative estimate of drug-likeness (QED) is 0.0239. The van der Waals surface area contributed by atoms with E-state index >= 15 is 4.57 Å². The van der Waals surface area contributed by atoms with Crippen molar-refractivity contribution >= 4 is 43.6 Å². The lowest BCUT2D eigenvalue weighted by atomic mass is 9.90. The van der Waals surface area contributed by atoms with E-state index < -0.39 is 43.6 Å². The van der Waals surface area contributed by atoms with E-state index in [1.54, 1.807) is 203 Å². The molecule has 0 N–H and O–H groups in total. The van der Waals surface area contributed by atoms with Crippen LogP contribution in [0, 0.1) is 20.8 Å². The molecule has 0 aliphatic rings. The minimum Gasteiger partial charge on any atom is -0.423 e. The summed E-state index contributed by atoms with van der Waals surface area (Å²) in [4.78, 5) is 73.3. The molecule has 0 aliphatic heterocycles. The molecule has 0 unspecified atom stereocenters. The van der Waals surface area contributed by atoms with Crippen molar-refractivity contribution < 1.29 is 75.3 Å². The number of hydrogen-bond donors (Lipinski definition) is 0. The Morgan fingerprint density at radius 3 is 0.620 bits per heavy atom. The number of hydrogen-bond acceptors (Lipinski definition) is 16. The first-order valence-electron chi connectivity index (χ1n) is 28.1. The molecule has 9 aromatic carbocycles. The van der Waals surface area contributed by atoms with Gasteiger partial charge in [-0.2, -0.15) is 4.57 Å². The standard InChI is InChI=1S/C75H57O16P/c1-10-67(76)83-55-28-16-49(17-29-55)61-40-43-64(46(7)73(61)52-22-34-58(35-23-52)86-70(79)13-4)89-92(82,90-65-44-41-62(50-18-30-56(31-19-50)84-68(77)11-2)74(47(65)8)53-24-36-59(37-25-53)87-71(80)14-5)91-66-45-42-63(51-20-32-57(33-21-51)85-69(78)12-3)75(48(66)9)54-26-38-60(39-27-54)88-72(81)15-6/h10-45H,1-6H2,7-9H3. The molecule has 0 spiro atoms. The largest absolute Gasteiger partial charge is 0.647 e. The molecular formula is C75H57O16P. The van der Waals surface area contributed by atoms with Crippen LogP contribution >= 0.6 is 7.82 Å². The summed E-state index contributed by atoms with van der Waals surface area (Å²) < 4.78 is 69.3. The summed E-state index contributed by atoms with van der Waals surface area (Å²) in [5.74, 6) is -2.23. The lowest BCUT2D eigenvalue weighted by Gasteiger charge is -2.25. The molecule has 0 saturated carbocycles. The third-order valence-electron chi connectivity index (χ3n) is 14.1. The summed E-state index contributed by atoms with van der Waals surface area (Å²) in [6, 6.07) is 50.5. The van der Waals surface area contributed by atoms with Crippen LogP contribution in [0.4, 0.5) is 0 Å². The molecule has 16 nitrogen and oxygen atoms in total. The van der Waals surface area contributed by atoms with Gasteiger partial charge < -0.3 is 42.0 Å². The van der Waals surface area contributed by atoms with Gasteiger partial charge in [0.1, 0.15) is 51.7 Å². The Labute approximate surface area is 530 Å². The van der Waals surface area contributed by atoms with Crippen LogP contribution < -0.4 is 42.0 Å². The molecule has 0 heterocycles. The third kappa shape index (κ3) is 15.2. The van der Waals surface area contributed by atoms with E-state index in [0.717, 1.165) is 36.5 Å². The molecular weight excluding hydrogens is 1190 g/mol. The van der Waals surface area contributed by atoms with Crippen LogP contribution in [-0.4, -0.2) is 35.8 Å². The Morgan fingerprint density at radius 1 is 0.272 bits per heavy atom. The average molecular weight is 1250 g/mol. The minimum absolute atomic E-state index is 0.0542. The molecule has 0 aromatic heterocycles. The van der Waals surface area contributed by atoms with Crippen molar-refractivity contribution in [3.63, 3.8) is 0 Å². The van der Waals surface area contributed by atoms with Crippen LogP contribution in [0.25, 0.3) is 66.8 Å². The van der Waals surface area contributed by atoms with E-state index in [2.05, 4.69) is 39.5 Å². The van der Waals surface area contributed by atoms with Gasteiger partial charge in [-0.1, -0.05) is 130 Å². The molecule has 17 heteroatoms. The van der Waals surface area contributed by atoms with Crippen LogP contribution in [0.1, 0.15) is 16.7 Å². The monoisotopic (exact) mass is 1240 g/mol. The van der Waals surface area contributed by atoms with Crippen molar-refractivity contribution in [2.24, 2.45) is 0 Å². The van der Waals surface area contributed by atoms with E-state index in [1.165, 1.54) is 0 Å². The fourth-order valence-electron chi connectivity index (χ4n) is 9.75. The zero-order chi connectivity index (χ0) is 65.6. The highest BCUT2D eigenvalue weighted by molar-refractivity contribution is 7.49. The van der Waals surface area contributed by atoms with Crippen molar-refractivity contribution in [3.8, 4) is 119 Å². The van der Waals surface area contributed by atoms with Gasteiger partial charge in [0.05, 0.1) is 0 Å². The topological polar surface area (TPSA) is 203 Å². The summed E-state index contributed by atoms with van der Waals surface area (Å²) in [5.41, 5.74) is 8.94. The normalized spacial score (nSPS) is 10.7. The molecule has 9 rings (SSSR count). The van der Waals surface area contributed by atoms with Gasteiger partial charge in [0, 0.05) is 53.1 Å². The van der Waals surface area contributed by atoms with Crippen LogP contribution in [0.2, 0.25) is 0 Å². The van der Waals surface area contributed by atoms with Crippen molar-refractivity contribution in [1.82, 2.24) is 0 Å². The Kier molecular flexibility index (Phi) is 20.1. The van der Waals surface area contributed by atoms with Crippen molar-refractivity contribution in [3.05, 3.63) is 275 Å². The maximum atomic E-state index is 16.6. The number of carbonyl (C=O) groups excluding carboxylic acids is 6. The van der Waals surface area contributed by atoms with E-state index in [-0.39, 0.29) is 51.7 Å². The highest BCUT2D eigenvalue weighted by atomic mass is 31.2. The Balaban J connectivity index is 1.24. The SMILES string of the molecule is C=CC(=O)Oc1ccc(-c2ccc(OP(=O)(Oc3ccc(-c4ccc(OC(=O)C=C)cc4)c(-c4ccc(OC(=O)C=C)cc4)c3C)Oc3ccc(-c4ccc(OC(=O)C=C)cc4)c(-c4ccc(OC(=O)C=C)cc4)c3C)c(C)c2-c2ccc(OC(=O)C=C)cc2)cc1. The van der Waals surface area contributed by atoms with Gasteiger partial charge >= 0.3 is 43.6 Å². The van der Waals surface area contributed by atoms with Gasteiger partial charge in [-0.15, -0.1) is 0 Å². The molecule has 0 aliphatic carbocycles. The second kappa shape index (κ2) is 28.8. The maximum absolute atomic E-state index is 16.6. The Hall–Kier alpha value is -12.1. The summed E-state index contributed by atoms with van der Waals surface area (Å²) in [6.45, 7) is 26.3. The Bertz CT molecular complexity index is 4000. The molecule has 0 amide bonds. The number of ether oxygens (including phenoxy) is 6. The number of carbonyl (C=O) groups is 6. The minimum atomic E-state index is -5.08. The maximum Gasteiger partial charge on any atom is 0.647 e. The van der Waals surface area contributed by atoms with Gasteiger partial charge in [0.15, 0.2) is 0 Å². The average Bonchev–Trinajstić information content (AvgIpc) is 0.846. The van der Waals surface area contributed by atoms with Gasteiger partial charge in [0.2, 0.25) is 0 Å². The summed E-state index contributed by atoms with van der Waals surface area (Å²) in [6.07, 6.45) is 6.30.